The summed E-state index contributed by atoms with van der Waals surface area (Å²) in [6.45, 7) is 0. The number of aromatic nitrogens is 6. The van der Waals surface area contributed by atoms with Gasteiger partial charge in [0.2, 0.25) is 0 Å². The molecule has 9 heteroatoms. The molecule has 0 saturated heterocycles. The van der Waals surface area contributed by atoms with Gasteiger partial charge in [0.25, 0.3) is 0 Å². The van der Waals surface area contributed by atoms with E-state index in [2.05, 4.69) is 20.5 Å². The third kappa shape index (κ3) is 2.65. The highest BCUT2D eigenvalue weighted by molar-refractivity contribution is 5.80. The van der Waals surface area contributed by atoms with Gasteiger partial charge in [-0.25, -0.2) is 0 Å². The molecule has 0 aliphatic heterocycles. The summed E-state index contributed by atoms with van der Waals surface area (Å²) in [6, 6.07) is 11.0. The number of hydrogen-bond acceptors (Lipinski definition) is 6. The Morgan fingerprint density at radius 2 is 2.04 bits per heavy atom. The number of carboxylic acids is 1. The van der Waals surface area contributed by atoms with Crippen molar-refractivity contribution in [3.05, 3.63) is 42.0 Å². The number of hydrogen-bond donors (Lipinski definition) is 1. The molecule has 2 aromatic carbocycles. The quantitative estimate of drug-likeness (QED) is 0.587. The molecule has 0 saturated carbocycles. The fourth-order valence-corrected chi connectivity index (χ4v) is 2.67. The van der Waals surface area contributed by atoms with Crippen LogP contribution >= 0.6 is 0 Å². The zero-order valence-electron chi connectivity index (χ0n) is 13.3. The van der Waals surface area contributed by atoms with Crippen LogP contribution in [0.15, 0.2) is 36.4 Å². The van der Waals surface area contributed by atoms with Gasteiger partial charge >= 0.3 is 5.97 Å². The first-order valence-electron chi connectivity index (χ1n) is 7.62. The monoisotopic (exact) mass is 338 g/mol. The Bertz CT molecular complexity index is 1080. The molecule has 126 valence electrons. The highest BCUT2D eigenvalue weighted by atomic mass is 16.5. The van der Waals surface area contributed by atoms with Crippen molar-refractivity contribution < 1.29 is 14.6 Å². The third-order valence-corrected chi connectivity index (χ3v) is 3.88. The summed E-state index contributed by atoms with van der Waals surface area (Å²) >= 11 is 0. The van der Waals surface area contributed by atoms with Crippen LogP contribution in [0.4, 0.5) is 0 Å². The molecule has 25 heavy (non-hydrogen) atoms. The van der Waals surface area contributed by atoms with Crippen molar-refractivity contribution in [3.8, 4) is 5.75 Å². The normalized spacial score (nSPS) is 11.2. The van der Waals surface area contributed by atoms with Crippen LogP contribution in [0.2, 0.25) is 0 Å². The molecule has 1 N–H and O–H groups in total. The molecule has 4 rings (SSSR count). The van der Waals surface area contributed by atoms with Crippen LogP contribution in [0.1, 0.15) is 12.0 Å². The highest BCUT2D eigenvalue weighted by Crippen LogP contribution is 2.24. The summed E-state index contributed by atoms with van der Waals surface area (Å²) in [5.74, 6) is -0.269. The second-order valence-corrected chi connectivity index (χ2v) is 5.48. The number of carbonyl (C=O) groups is 1. The Kier molecular flexibility index (Phi) is 3.53. The number of aryl methyl sites for hydroxylation is 1. The Morgan fingerprint density at radius 3 is 2.84 bits per heavy atom. The zero-order chi connectivity index (χ0) is 17.4. The molecule has 0 spiro atoms. The van der Waals surface area contributed by atoms with Crippen LogP contribution in [0.3, 0.4) is 0 Å². The Balaban J connectivity index is 1.86. The van der Waals surface area contributed by atoms with Crippen LogP contribution in [0, 0.1) is 0 Å². The SMILES string of the molecule is COc1cc(CCC(=O)O)c2nn(-n3nnc4ccccc43)nc2c1. The largest absolute Gasteiger partial charge is 0.497 e. The van der Waals surface area contributed by atoms with Crippen LogP contribution in [0.5, 0.6) is 5.75 Å². The van der Waals surface area contributed by atoms with Gasteiger partial charge in [-0.05, 0) is 35.4 Å². The molecule has 0 radical (unpaired) electrons. The van der Waals surface area contributed by atoms with E-state index in [0.717, 1.165) is 16.6 Å². The van der Waals surface area contributed by atoms with E-state index in [9.17, 15) is 4.79 Å². The van der Waals surface area contributed by atoms with Crippen molar-refractivity contribution >= 4 is 28.0 Å². The van der Waals surface area contributed by atoms with Gasteiger partial charge in [-0.1, -0.05) is 17.0 Å². The van der Waals surface area contributed by atoms with Gasteiger partial charge in [-0.2, -0.15) is 0 Å². The van der Waals surface area contributed by atoms with Gasteiger partial charge in [0.05, 0.1) is 7.11 Å². The third-order valence-electron chi connectivity index (χ3n) is 3.88. The number of carboxylic acid groups (broad SMARTS) is 1. The molecular weight excluding hydrogens is 324 g/mol. The predicted octanol–water partition coefficient (Wildman–Crippen LogP) is 1.51. The van der Waals surface area contributed by atoms with Gasteiger partial charge in [0.1, 0.15) is 27.8 Å². The Hall–Kier alpha value is -3.49. The molecule has 0 aliphatic carbocycles. The van der Waals surface area contributed by atoms with Crippen LogP contribution in [-0.4, -0.2) is 48.4 Å². The molecule has 0 unspecified atom stereocenters. The van der Waals surface area contributed by atoms with Crippen LogP contribution < -0.4 is 4.74 Å². The second-order valence-electron chi connectivity index (χ2n) is 5.48. The lowest BCUT2D eigenvalue weighted by molar-refractivity contribution is -0.136. The highest BCUT2D eigenvalue weighted by Gasteiger charge is 2.14. The van der Waals surface area contributed by atoms with Crippen molar-refractivity contribution in [2.75, 3.05) is 7.11 Å². The second kappa shape index (κ2) is 5.86. The first-order valence-corrected chi connectivity index (χ1v) is 7.62. The predicted molar refractivity (Wildman–Crippen MR) is 88.4 cm³/mol. The molecule has 0 aliphatic rings. The number of ether oxygens (including phenoxy) is 1. The lowest BCUT2D eigenvalue weighted by atomic mass is 10.1. The molecule has 0 fully saturated rings. The standard InChI is InChI=1S/C16H14N6O3/c1-25-11-8-10(6-7-15(23)24)16-13(9-11)18-22(19-16)21-14-5-3-2-4-12(14)17-20-21/h2-5,8-9H,6-7H2,1H3,(H,23,24). The maximum atomic E-state index is 10.9. The molecule has 2 aromatic heterocycles. The molecule has 2 heterocycles. The first-order chi connectivity index (χ1) is 12.2. The summed E-state index contributed by atoms with van der Waals surface area (Å²) in [4.78, 5) is 13.7. The van der Waals surface area contributed by atoms with E-state index >= 15 is 0 Å². The Labute approximate surface area is 141 Å². The van der Waals surface area contributed by atoms with Crippen molar-refractivity contribution in [2.24, 2.45) is 0 Å². The minimum absolute atomic E-state index is 0.00137. The van der Waals surface area contributed by atoms with E-state index in [4.69, 9.17) is 9.84 Å². The average Bonchev–Trinajstić information content (AvgIpc) is 3.22. The minimum Gasteiger partial charge on any atom is -0.497 e. The Morgan fingerprint density at radius 1 is 1.20 bits per heavy atom. The van der Waals surface area contributed by atoms with Gasteiger partial charge < -0.3 is 9.84 Å². The number of rotatable bonds is 5. The first kappa shape index (κ1) is 15.1. The van der Waals surface area contributed by atoms with E-state index in [0.29, 0.717) is 23.2 Å². The van der Waals surface area contributed by atoms with E-state index < -0.39 is 5.97 Å². The van der Waals surface area contributed by atoms with Gasteiger partial charge in [0.15, 0.2) is 0 Å². The maximum Gasteiger partial charge on any atom is 0.303 e. The fraction of sp³-hybridized carbons (Fsp3) is 0.188. The molecule has 9 nitrogen and oxygen atoms in total. The lowest BCUT2D eigenvalue weighted by Gasteiger charge is -2.03. The number of benzene rings is 2. The molecule has 0 amide bonds. The zero-order valence-corrected chi connectivity index (χ0v) is 13.3. The minimum atomic E-state index is -0.870. The van der Waals surface area contributed by atoms with Crippen molar-refractivity contribution in [1.82, 2.24) is 30.2 Å². The number of para-hydroxylation sites is 1. The summed E-state index contributed by atoms with van der Waals surface area (Å²) in [5, 5.41) is 26.0. The van der Waals surface area contributed by atoms with Gasteiger partial charge in [0, 0.05) is 12.5 Å². The van der Waals surface area contributed by atoms with E-state index in [1.54, 1.807) is 19.2 Å². The summed E-state index contributed by atoms with van der Waals surface area (Å²) in [7, 11) is 1.55. The molecular formula is C16H14N6O3. The molecule has 0 atom stereocenters. The van der Waals surface area contributed by atoms with Gasteiger partial charge in [-0.15, -0.1) is 20.1 Å². The average molecular weight is 338 g/mol. The van der Waals surface area contributed by atoms with Crippen molar-refractivity contribution in [3.63, 3.8) is 0 Å². The number of nitrogens with zero attached hydrogens (tertiary/aromatic N) is 6. The fourth-order valence-electron chi connectivity index (χ4n) is 2.67. The molecule has 0 bridgehead atoms. The van der Waals surface area contributed by atoms with Crippen molar-refractivity contribution in [1.29, 1.82) is 0 Å². The molecule has 4 aromatic rings. The van der Waals surface area contributed by atoms with E-state index in [1.165, 1.54) is 9.70 Å². The summed E-state index contributed by atoms with van der Waals surface area (Å²) in [6.07, 6.45) is 0.335. The van der Waals surface area contributed by atoms with E-state index in [-0.39, 0.29) is 6.42 Å². The number of fused-ring (bicyclic) bond motifs is 2. The van der Waals surface area contributed by atoms with Gasteiger partial charge in [-0.3, -0.25) is 4.79 Å². The summed E-state index contributed by atoms with van der Waals surface area (Å²) < 4.78 is 5.28. The van der Waals surface area contributed by atoms with Crippen LogP contribution in [0.25, 0.3) is 22.1 Å². The maximum absolute atomic E-state index is 10.9. The van der Waals surface area contributed by atoms with Crippen molar-refractivity contribution in [2.45, 2.75) is 12.8 Å². The summed E-state index contributed by atoms with van der Waals surface area (Å²) in [5.41, 5.74) is 3.46. The topological polar surface area (TPSA) is 108 Å². The van der Waals surface area contributed by atoms with Crippen LogP contribution in [-0.2, 0) is 11.2 Å². The number of aliphatic carboxylic acids is 1. The lowest BCUT2D eigenvalue weighted by Crippen LogP contribution is -2.14. The van der Waals surface area contributed by atoms with E-state index in [1.807, 2.05) is 24.3 Å². The number of methoxy groups -OCH3 is 1. The smallest absolute Gasteiger partial charge is 0.303 e.